The number of aromatic nitrogens is 2. The van der Waals surface area contributed by atoms with Gasteiger partial charge in [0.2, 0.25) is 0 Å². The van der Waals surface area contributed by atoms with Crippen LogP contribution >= 0.6 is 0 Å². The molecule has 102 valence electrons. The average Bonchev–Trinajstić information content (AvgIpc) is 2.38. The molecule has 2 N–H and O–H groups in total. The molecule has 0 aliphatic carbocycles. The average molecular weight is 254 g/mol. The largest absolute Gasteiger partial charge is 0.383 e. The highest BCUT2D eigenvalue weighted by atomic mass is 16.5. The number of rotatable bonds is 8. The summed E-state index contributed by atoms with van der Waals surface area (Å²) in [6.45, 7) is 2.62. The van der Waals surface area contributed by atoms with Crippen molar-refractivity contribution in [3.05, 3.63) is 22.6 Å². The molecule has 0 atom stereocenters. The lowest BCUT2D eigenvalue weighted by Crippen LogP contribution is -2.27. The standard InChI is InChI=1S/C12H22N4O2/c1-15(7-8-18-2)11-9-12(17)16(14-10-11)6-4-3-5-13/h9-10H,3-8,13H2,1-2H3. The van der Waals surface area contributed by atoms with Gasteiger partial charge in [-0.05, 0) is 19.4 Å². The van der Waals surface area contributed by atoms with Gasteiger partial charge < -0.3 is 15.4 Å². The summed E-state index contributed by atoms with van der Waals surface area (Å²) in [5.74, 6) is 0. The molecule has 1 aromatic heterocycles. The van der Waals surface area contributed by atoms with Crippen molar-refractivity contribution in [3.63, 3.8) is 0 Å². The van der Waals surface area contributed by atoms with Gasteiger partial charge in [-0.1, -0.05) is 0 Å². The molecule has 0 fully saturated rings. The zero-order valence-corrected chi connectivity index (χ0v) is 11.1. The molecule has 1 heterocycles. The lowest BCUT2D eigenvalue weighted by atomic mass is 10.3. The van der Waals surface area contributed by atoms with Gasteiger partial charge in [0.05, 0.1) is 18.5 Å². The Bertz CT molecular complexity index is 405. The second kappa shape index (κ2) is 7.84. The van der Waals surface area contributed by atoms with Crippen molar-refractivity contribution < 1.29 is 4.74 Å². The third-order valence-electron chi connectivity index (χ3n) is 2.75. The highest BCUT2D eigenvalue weighted by molar-refractivity contribution is 5.41. The summed E-state index contributed by atoms with van der Waals surface area (Å²) in [6, 6.07) is 1.60. The van der Waals surface area contributed by atoms with Crippen molar-refractivity contribution in [1.82, 2.24) is 9.78 Å². The van der Waals surface area contributed by atoms with Crippen LogP contribution in [0.25, 0.3) is 0 Å². The molecule has 1 rings (SSSR count). The Balaban J connectivity index is 2.64. The van der Waals surface area contributed by atoms with Crippen LogP contribution in [-0.4, -0.2) is 43.6 Å². The van der Waals surface area contributed by atoms with Crippen LogP contribution in [0, 0.1) is 0 Å². The number of nitrogens with two attached hydrogens (primary N) is 1. The van der Waals surface area contributed by atoms with Crippen LogP contribution in [0.15, 0.2) is 17.1 Å². The number of methoxy groups -OCH3 is 1. The Labute approximate surface area is 107 Å². The van der Waals surface area contributed by atoms with E-state index in [4.69, 9.17) is 10.5 Å². The van der Waals surface area contributed by atoms with Gasteiger partial charge in [-0.3, -0.25) is 4.79 Å². The zero-order chi connectivity index (χ0) is 13.4. The van der Waals surface area contributed by atoms with Gasteiger partial charge >= 0.3 is 0 Å². The summed E-state index contributed by atoms with van der Waals surface area (Å²) in [4.78, 5) is 13.8. The quantitative estimate of drug-likeness (QED) is 0.664. The molecule has 0 aliphatic rings. The van der Waals surface area contributed by atoms with Gasteiger partial charge in [-0.15, -0.1) is 0 Å². The summed E-state index contributed by atoms with van der Waals surface area (Å²) in [5.41, 5.74) is 6.15. The Morgan fingerprint density at radius 2 is 2.28 bits per heavy atom. The molecule has 6 heteroatoms. The number of hydrogen-bond donors (Lipinski definition) is 1. The third kappa shape index (κ3) is 4.46. The maximum atomic E-state index is 11.8. The number of ether oxygens (including phenoxy) is 1. The first kappa shape index (κ1) is 14.7. The molecule has 0 saturated carbocycles. The molecule has 0 aromatic carbocycles. The van der Waals surface area contributed by atoms with Crippen molar-refractivity contribution in [2.75, 3.05) is 38.8 Å². The molecule has 0 spiro atoms. The van der Waals surface area contributed by atoms with Crippen molar-refractivity contribution in [1.29, 1.82) is 0 Å². The molecule has 0 radical (unpaired) electrons. The normalized spacial score (nSPS) is 10.6. The van der Waals surface area contributed by atoms with Crippen LogP contribution in [0.4, 0.5) is 5.69 Å². The number of nitrogens with zero attached hydrogens (tertiary/aromatic N) is 3. The van der Waals surface area contributed by atoms with Gasteiger partial charge in [0.1, 0.15) is 0 Å². The van der Waals surface area contributed by atoms with Crippen molar-refractivity contribution in [3.8, 4) is 0 Å². The lowest BCUT2D eigenvalue weighted by molar-refractivity contribution is 0.206. The third-order valence-corrected chi connectivity index (χ3v) is 2.75. The van der Waals surface area contributed by atoms with E-state index in [-0.39, 0.29) is 5.56 Å². The molecule has 0 saturated heterocycles. The van der Waals surface area contributed by atoms with E-state index < -0.39 is 0 Å². The van der Waals surface area contributed by atoms with Crippen molar-refractivity contribution >= 4 is 5.69 Å². The minimum Gasteiger partial charge on any atom is -0.383 e. The monoisotopic (exact) mass is 254 g/mol. The molecule has 18 heavy (non-hydrogen) atoms. The number of unbranched alkanes of at least 4 members (excludes halogenated alkanes) is 1. The van der Waals surface area contributed by atoms with E-state index >= 15 is 0 Å². The SMILES string of the molecule is COCCN(C)c1cnn(CCCCN)c(=O)c1. The van der Waals surface area contributed by atoms with Crippen molar-refractivity contribution in [2.45, 2.75) is 19.4 Å². The molecule has 0 bridgehead atoms. The van der Waals surface area contributed by atoms with E-state index in [1.54, 1.807) is 19.4 Å². The van der Waals surface area contributed by atoms with Crippen LogP contribution in [0.2, 0.25) is 0 Å². The predicted octanol–water partition coefficient (Wildman–Crippen LogP) is 0.0648. The first-order chi connectivity index (χ1) is 8.69. The number of likely N-dealkylation sites (N-methyl/N-ethyl adjacent to an activating group) is 1. The fourth-order valence-electron chi connectivity index (χ4n) is 1.56. The Kier molecular flexibility index (Phi) is 6.38. The maximum Gasteiger partial charge on any atom is 0.268 e. The van der Waals surface area contributed by atoms with Gasteiger partial charge in [0, 0.05) is 33.3 Å². The second-order valence-corrected chi connectivity index (χ2v) is 4.19. The van der Waals surface area contributed by atoms with E-state index in [0.717, 1.165) is 25.1 Å². The molecule has 0 unspecified atom stereocenters. The zero-order valence-electron chi connectivity index (χ0n) is 11.1. The molecular weight excluding hydrogens is 232 g/mol. The Morgan fingerprint density at radius 3 is 2.89 bits per heavy atom. The van der Waals surface area contributed by atoms with Crippen LogP contribution in [0.1, 0.15) is 12.8 Å². The highest BCUT2D eigenvalue weighted by Crippen LogP contribution is 2.06. The van der Waals surface area contributed by atoms with E-state index in [0.29, 0.717) is 19.7 Å². The molecule has 0 aliphatic heterocycles. The molecule has 1 aromatic rings. The van der Waals surface area contributed by atoms with E-state index in [9.17, 15) is 4.79 Å². The first-order valence-corrected chi connectivity index (χ1v) is 6.16. The summed E-state index contributed by atoms with van der Waals surface area (Å²) >= 11 is 0. The highest BCUT2D eigenvalue weighted by Gasteiger charge is 2.04. The molecule has 6 nitrogen and oxygen atoms in total. The lowest BCUT2D eigenvalue weighted by Gasteiger charge is -2.18. The van der Waals surface area contributed by atoms with E-state index in [2.05, 4.69) is 5.10 Å². The predicted molar refractivity (Wildman–Crippen MR) is 71.9 cm³/mol. The number of anilines is 1. The van der Waals surface area contributed by atoms with Gasteiger partial charge in [0.25, 0.3) is 5.56 Å². The minimum absolute atomic E-state index is 0.0752. The summed E-state index contributed by atoms with van der Waals surface area (Å²) in [5, 5.41) is 4.16. The van der Waals surface area contributed by atoms with Gasteiger partial charge in [0.15, 0.2) is 0 Å². The van der Waals surface area contributed by atoms with Crippen LogP contribution in [0.5, 0.6) is 0 Å². The fourth-order valence-corrected chi connectivity index (χ4v) is 1.56. The topological polar surface area (TPSA) is 73.4 Å². The van der Waals surface area contributed by atoms with E-state index in [1.807, 2.05) is 11.9 Å². The summed E-state index contributed by atoms with van der Waals surface area (Å²) in [7, 11) is 3.57. The number of aryl methyl sites for hydroxylation is 1. The van der Waals surface area contributed by atoms with Crippen molar-refractivity contribution in [2.24, 2.45) is 5.73 Å². The maximum absolute atomic E-state index is 11.8. The van der Waals surface area contributed by atoms with Crippen LogP contribution in [0.3, 0.4) is 0 Å². The van der Waals surface area contributed by atoms with E-state index in [1.165, 1.54) is 4.68 Å². The fraction of sp³-hybridized carbons (Fsp3) is 0.667. The van der Waals surface area contributed by atoms with Gasteiger partial charge in [-0.25, -0.2) is 4.68 Å². The van der Waals surface area contributed by atoms with Crippen LogP contribution < -0.4 is 16.2 Å². The molecular formula is C12H22N4O2. The number of hydrogen-bond acceptors (Lipinski definition) is 5. The first-order valence-electron chi connectivity index (χ1n) is 6.16. The summed E-state index contributed by atoms with van der Waals surface area (Å²) < 4.78 is 6.47. The Morgan fingerprint density at radius 1 is 1.50 bits per heavy atom. The molecule has 0 amide bonds. The Hall–Kier alpha value is -1.40. The second-order valence-electron chi connectivity index (χ2n) is 4.19. The summed E-state index contributed by atoms with van der Waals surface area (Å²) in [6.07, 6.45) is 3.49. The van der Waals surface area contributed by atoms with Crippen LogP contribution in [-0.2, 0) is 11.3 Å². The smallest absolute Gasteiger partial charge is 0.268 e. The van der Waals surface area contributed by atoms with Gasteiger partial charge in [-0.2, -0.15) is 5.10 Å². The minimum atomic E-state index is -0.0752.